The highest BCUT2D eigenvalue weighted by Gasteiger charge is 2.43. The number of ketones is 1. The van der Waals surface area contributed by atoms with Crippen LogP contribution >= 0.6 is 0 Å². The first kappa shape index (κ1) is 21.0. The fourth-order valence-corrected chi connectivity index (χ4v) is 3.19. The topological polar surface area (TPSA) is 76.1 Å². The van der Waals surface area contributed by atoms with Crippen molar-refractivity contribution in [3.05, 3.63) is 41.2 Å². The highest BCUT2D eigenvalue weighted by atomic mass is 16.5. The number of nitrogens with zero attached hydrogens (tertiary/aromatic N) is 1. The summed E-state index contributed by atoms with van der Waals surface area (Å²) in [4.78, 5) is 26.9. The van der Waals surface area contributed by atoms with Crippen LogP contribution in [0.5, 0.6) is 5.75 Å². The van der Waals surface area contributed by atoms with Crippen LogP contribution in [0.15, 0.2) is 35.6 Å². The summed E-state index contributed by atoms with van der Waals surface area (Å²) in [6.07, 6.45) is 0.324. The summed E-state index contributed by atoms with van der Waals surface area (Å²) >= 11 is 0. The summed E-state index contributed by atoms with van der Waals surface area (Å²) in [6.45, 7) is 8.35. The molecule has 0 fully saturated rings. The Morgan fingerprint density at radius 2 is 1.81 bits per heavy atom. The number of hydrogen-bond donors (Lipinski definition) is 1. The molecule has 1 aromatic carbocycles. The van der Waals surface area contributed by atoms with E-state index in [1.165, 1.54) is 4.90 Å². The maximum absolute atomic E-state index is 12.8. The predicted octanol–water partition coefficient (Wildman–Crippen LogP) is 3.43. The van der Waals surface area contributed by atoms with Gasteiger partial charge in [-0.25, -0.2) is 0 Å². The fourth-order valence-electron chi connectivity index (χ4n) is 3.19. The third-order valence-corrected chi connectivity index (χ3v) is 4.30. The van der Waals surface area contributed by atoms with E-state index in [0.717, 1.165) is 5.56 Å². The van der Waals surface area contributed by atoms with Gasteiger partial charge < -0.3 is 19.5 Å². The van der Waals surface area contributed by atoms with Crippen molar-refractivity contribution in [3.63, 3.8) is 0 Å². The summed E-state index contributed by atoms with van der Waals surface area (Å²) in [5.41, 5.74) is 0.925. The lowest BCUT2D eigenvalue weighted by Crippen LogP contribution is -2.34. The van der Waals surface area contributed by atoms with E-state index < -0.39 is 17.7 Å². The van der Waals surface area contributed by atoms with E-state index >= 15 is 0 Å². The third-order valence-electron chi connectivity index (χ3n) is 4.30. The number of rotatable bonds is 9. The first-order valence-corrected chi connectivity index (χ1v) is 9.29. The Balaban J connectivity index is 2.41. The summed E-state index contributed by atoms with van der Waals surface area (Å²) in [5, 5.41) is 10.4. The zero-order valence-corrected chi connectivity index (χ0v) is 16.7. The van der Waals surface area contributed by atoms with Gasteiger partial charge in [0, 0.05) is 20.1 Å². The highest BCUT2D eigenvalue weighted by Crippen LogP contribution is 2.39. The largest absolute Gasteiger partial charge is 0.503 e. The molecule has 0 saturated heterocycles. The average Bonchev–Trinajstić information content (AvgIpc) is 2.84. The van der Waals surface area contributed by atoms with Gasteiger partial charge in [-0.3, -0.25) is 9.59 Å². The van der Waals surface area contributed by atoms with Gasteiger partial charge in [0.25, 0.3) is 5.91 Å². The van der Waals surface area contributed by atoms with E-state index in [-0.39, 0.29) is 36.3 Å². The Bertz CT molecular complexity index is 706. The van der Waals surface area contributed by atoms with Crippen molar-refractivity contribution in [2.45, 2.75) is 46.3 Å². The van der Waals surface area contributed by atoms with Gasteiger partial charge in [0.15, 0.2) is 11.5 Å². The molecule has 1 N–H and O–H groups in total. The number of methoxy groups -OCH3 is 1. The standard InChI is InChI=1S/C21H29NO5/c1-13(2)12-17(23)18-19(22(10-11-26-5)21(25)20(18)24)15-6-8-16(9-7-15)27-14(3)4/h6-9,13-14,19,24H,10-12H2,1-5H3. The molecule has 27 heavy (non-hydrogen) atoms. The van der Waals surface area contributed by atoms with E-state index in [1.54, 1.807) is 7.11 Å². The minimum Gasteiger partial charge on any atom is -0.503 e. The van der Waals surface area contributed by atoms with E-state index in [2.05, 4.69) is 0 Å². The van der Waals surface area contributed by atoms with Crippen LogP contribution in [0.4, 0.5) is 0 Å². The molecule has 0 spiro atoms. The first-order chi connectivity index (χ1) is 12.8. The zero-order valence-electron chi connectivity index (χ0n) is 16.7. The number of carbonyl (C=O) groups excluding carboxylic acids is 2. The summed E-state index contributed by atoms with van der Waals surface area (Å²) in [7, 11) is 1.55. The molecule has 1 aromatic rings. The maximum Gasteiger partial charge on any atom is 0.290 e. The molecule has 0 bridgehead atoms. The number of aliphatic hydroxyl groups is 1. The number of ether oxygens (including phenoxy) is 2. The molecule has 148 valence electrons. The average molecular weight is 375 g/mol. The lowest BCUT2D eigenvalue weighted by molar-refractivity contribution is -0.130. The van der Waals surface area contributed by atoms with Gasteiger partial charge in [-0.05, 0) is 37.5 Å². The maximum atomic E-state index is 12.8. The minimum atomic E-state index is -0.619. The molecule has 1 aliphatic heterocycles. The molecule has 1 aliphatic rings. The molecule has 6 heteroatoms. The van der Waals surface area contributed by atoms with E-state index in [1.807, 2.05) is 52.0 Å². The third kappa shape index (κ3) is 4.89. The molecule has 0 radical (unpaired) electrons. The van der Waals surface area contributed by atoms with Crippen LogP contribution in [0, 0.1) is 5.92 Å². The summed E-state index contributed by atoms with van der Waals surface area (Å²) in [5.74, 6) is -0.354. The van der Waals surface area contributed by atoms with Crippen molar-refractivity contribution in [2.75, 3.05) is 20.3 Å². The second-order valence-corrected chi connectivity index (χ2v) is 7.41. The quantitative estimate of drug-likeness (QED) is 0.716. The van der Waals surface area contributed by atoms with E-state index in [0.29, 0.717) is 12.4 Å². The Morgan fingerprint density at radius 1 is 1.19 bits per heavy atom. The number of carbonyl (C=O) groups is 2. The number of benzene rings is 1. The lowest BCUT2D eigenvalue weighted by Gasteiger charge is -2.27. The van der Waals surface area contributed by atoms with Crippen LogP contribution in [-0.4, -0.2) is 48.1 Å². The first-order valence-electron chi connectivity index (χ1n) is 9.29. The van der Waals surface area contributed by atoms with Crippen molar-refractivity contribution in [3.8, 4) is 5.75 Å². The zero-order chi connectivity index (χ0) is 20.1. The molecule has 1 amide bonds. The molecule has 6 nitrogen and oxygen atoms in total. The van der Waals surface area contributed by atoms with Gasteiger partial charge in [0.05, 0.1) is 24.3 Å². The Hall–Kier alpha value is -2.34. The van der Waals surface area contributed by atoms with E-state index in [9.17, 15) is 14.7 Å². The molecule has 0 aliphatic carbocycles. The molecular weight excluding hydrogens is 346 g/mol. The predicted molar refractivity (Wildman–Crippen MR) is 103 cm³/mol. The van der Waals surface area contributed by atoms with Crippen LogP contribution in [0.25, 0.3) is 0 Å². The van der Waals surface area contributed by atoms with Gasteiger partial charge in [-0.2, -0.15) is 0 Å². The van der Waals surface area contributed by atoms with Gasteiger partial charge in [-0.15, -0.1) is 0 Å². The summed E-state index contributed by atoms with van der Waals surface area (Å²) < 4.78 is 10.8. The molecule has 1 heterocycles. The van der Waals surface area contributed by atoms with Gasteiger partial charge in [0.1, 0.15) is 5.75 Å². The van der Waals surface area contributed by atoms with Crippen LogP contribution in [0.1, 0.15) is 45.7 Å². The van der Waals surface area contributed by atoms with Crippen molar-refractivity contribution in [1.82, 2.24) is 4.90 Å². The molecular formula is C21H29NO5. The Labute approximate surface area is 160 Å². The Kier molecular flexibility index (Phi) is 7.02. The van der Waals surface area contributed by atoms with Crippen LogP contribution in [-0.2, 0) is 14.3 Å². The molecule has 1 atom stereocenters. The second-order valence-electron chi connectivity index (χ2n) is 7.41. The fraction of sp³-hybridized carbons (Fsp3) is 0.524. The van der Waals surface area contributed by atoms with Crippen LogP contribution < -0.4 is 4.74 Å². The van der Waals surface area contributed by atoms with E-state index in [4.69, 9.17) is 9.47 Å². The van der Waals surface area contributed by atoms with Gasteiger partial charge in [0.2, 0.25) is 0 Å². The van der Waals surface area contributed by atoms with Crippen molar-refractivity contribution < 1.29 is 24.2 Å². The molecule has 2 rings (SSSR count). The second kappa shape index (κ2) is 9.04. The lowest BCUT2D eigenvalue weighted by atomic mass is 9.92. The SMILES string of the molecule is COCCN1C(=O)C(O)=C(C(=O)CC(C)C)C1c1ccc(OC(C)C)cc1. The van der Waals surface area contributed by atoms with Crippen LogP contribution in [0.2, 0.25) is 0 Å². The molecule has 0 aromatic heterocycles. The normalized spacial score (nSPS) is 17.4. The van der Waals surface area contributed by atoms with Crippen molar-refractivity contribution in [2.24, 2.45) is 5.92 Å². The van der Waals surface area contributed by atoms with Crippen molar-refractivity contribution >= 4 is 11.7 Å². The monoisotopic (exact) mass is 375 g/mol. The number of amides is 1. The summed E-state index contributed by atoms with van der Waals surface area (Å²) in [6, 6.07) is 6.67. The van der Waals surface area contributed by atoms with Crippen molar-refractivity contribution in [1.29, 1.82) is 0 Å². The number of Topliss-reactive ketones (excluding diaryl/α,β-unsaturated/α-hetero) is 1. The molecule has 0 saturated carbocycles. The smallest absolute Gasteiger partial charge is 0.290 e. The number of aliphatic hydroxyl groups excluding tert-OH is 1. The van der Waals surface area contributed by atoms with Gasteiger partial charge >= 0.3 is 0 Å². The number of hydrogen-bond acceptors (Lipinski definition) is 5. The molecule has 1 unspecified atom stereocenters. The Morgan fingerprint density at radius 3 is 2.33 bits per heavy atom. The van der Waals surface area contributed by atoms with Gasteiger partial charge in [-0.1, -0.05) is 26.0 Å². The highest BCUT2D eigenvalue weighted by molar-refractivity contribution is 6.09. The van der Waals surface area contributed by atoms with Crippen LogP contribution in [0.3, 0.4) is 0 Å². The minimum absolute atomic E-state index is 0.0502.